The van der Waals surface area contributed by atoms with Crippen LogP contribution >= 0.6 is 0 Å². The van der Waals surface area contributed by atoms with E-state index in [1.807, 2.05) is 0 Å². The molecule has 2 rings (SSSR count). The van der Waals surface area contributed by atoms with Crippen molar-refractivity contribution in [3.63, 3.8) is 0 Å². The number of anilines is 1. The first-order valence-electron chi connectivity index (χ1n) is 8.71. The van der Waals surface area contributed by atoms with Gasteiger partial charge in [-0.15, -0.1) is 0 Å². The summed E-state index contributed by atoms with van der Waals surface area (Å²) in [6, 6.07) is 15.1. The highest BCUT2D eigenvalue weighted by Gasteiger charge is 2.08. The highest BCUT2D eigenvalue weighted by molar-refractivity contribution is 5.97. The Balaban J connectivity index is 1.68. The average molecular weight is 382 g/mol. The highest BCUT2D eigenvalue weighted by Crippen LogP contribution is 2.10. The van der Waals surface area contributed by atoms with Crippen LogP contribution in [0.2, 0.25) is 0 Å². The van der Waals surface area contributed by atoms with E-state index in [1.54, 1.807) is 54.6 Å². The van der Waals surface area contributed by atoms with Crippen LogP contribution in [-0.2, 0) is 9.59 Å². The Labute approximate surface area is 162 Å². The van der Waals surface area contributed by atoms with Gasteiger partial charge in [0.2, 0.25) is 11.8 Å². The normalized spacial score (nSPS) is 9.89. The first-order chi connectivity index (χ1) is 13.5. The van der Waals surface area contributed by atoms with Crippen molar-refractivity contribution in [1.29, 1.82) is 0 Å². The van der Waals surface area contributed by atoms with Gasteiger partial charge in [0.25, 0.3) is 11.8 Å². The minimum Gasteiger partial charge on any atom is -0.353 e. The maximum atomic E-state index is 12.1. The molecular formula is C20H22N4O4. The van der Waals surface area contributed by atoms with Crippen molar-refractivity contribution in [3.05, 3.63) is 65.7 Å². The van der Waals surface area contributed by atoms with Gasteiger partial charge < -0.3 is 21.3 Å². The predicted molar refractivity (Wildman–Crippen MR) is 105 cm³/mol. The third-order valence-corrected chi connectivity index (χ3v) is 3.62. The van der Waals surface area contributed by atoms with Crippen LogP contribution in [0.15, 0.2) is 54.6 Å². The van der Waals surface area contributed by atoms with Gasteiger partial charge in [-0.05, 0) is 30.3 Å². The van der Waals surface area contributed by atoms with Gasteiger partial charge in [0.05, 0.1) is 6.54 Å². The molecule has 8 heteroatoms. The molecule has 0 saturated heterocycles. The van der Waals surface area contributed by atoms with E-state index < -0.39 is 0 Å². The Bertz CT molecular complexity index is 852. The topological polar surface area (TPSA) is 116 Å². The fourth-order valence-electron chi connectivity index (χ4n) is 2.34. The molecule has 0 heterocycles. The van der Waals surface area contributed by atoms with Crippen molar-refractivity contribution < 1.29 is 19.2 Å². The van der Waals surface area contributed by atoms with E-state index in [1.165, 1.54) is 6.92 Å². The van der Waals surface area contributed by atoms with Gasteiger partial charge in [-0.2, -0.15) is 0 Å². The minimum atomic E-state index is -0.355. The highest BCUT2D eigenvalue weighted by atomic mass is 16.2. The molecule has 28 heavy (non-hydrogen) atoms. The fraction of sp³-hybridized carbons (Fsp3) is 0.200. The monoisotopic (exact) mass is 382 g/mol. The third kappa shape index (κ3) is 6.91. The second-order valence-corrected chi connectivity index (χ2v) is 5.92. The zero-order valence-corrected chi connectivity index (χ0v) is 15.5. The molecule has 4 amide bonds. The van der Waals surface area contributed by atoms with Crippen molar-refractivity contribution in [2.45, 2.75) is 6.92 Å². The third-order valence-electron chi connectivity index (χ3n) is 3.62. The van der Waals surface area contributed by atoms with Crippen LogP contribution < -0.4 is 21.3 Å². The first-order valence-corrected chi connectivity index (χ1v) is 8.71. The number of amides is 4. The van der Waals surface area contributed by atoms with Crippen molar-refractivity contribution in [1.82, 2.24) is 16.0 Å². The summed E-state index contributed by atoms with van der Waals surface area (Å²) in [5, 5.41) is 10.4. The molecule has 2 aromatic rings. The van der Waals surface area contributed by atoms with Crippen LogP contribution in [0.4, 0.5) is 5.69 Å². The molecule has 0 aromatic heterocycles. The second-order valence-electron chi connectivity index (χ2n) is 5.92. The molecular weight excluding hydrogens is 360 g/mol. The SMILES string of the molecule is CC(=O)Nc1cccc(C(=O)NCCNC(=O)CNC(=O)c2ccccc2)c1. The lowest BCUT2D eigenvalue weighted by molar-refractivity contribution is -0.120. The maximum absolute atomic E-state index is 12.1. The van der Waals surface area contributed by atoms with Crippen LogP contribution in [0.3, 0.4) is 0 Å². The maximum Gasteiger partial charge on any atom is 0.251 e. The fourth-order valence-corrected chi connectivity index (χ4v) is 2.34. The number of rotatable bonds is 8. The van der Waals surface area contributed by atoms with Crippen molar-refractivity contribution in [2.75, 3.05) is 25.0 Å². The Morgan fingerprint density at radius 2 is 1.39 bits per heavy atom. The quantitative estimate of drug-likeness (QED) is 0.508. The molecule has 0 aliphatic heterocycles. The van der Waals surface area contributed by atoms with E-state index >= 15 is 0 Å². The summed E-state index contributed by atoms with van der Waals surface area (Å²) in [5.41, 5.74) is 1.40. The lowest BCUT2D eigenvalue weighted by Crippen LogP contribution is -2.40. The van der Waals surface area contributed by atoms with Crippen LogP contribution in [0, 0.1) is 0 Å². The largest absolute Gasteiger partial charge is 0.353 e. The predicted octanol–water partition coefficient (Wildman–Crippen LogP) is 0.921. The zero-order valence-electron chi connectivity index (χ0n) is 15.5. The Morgan fingerprint density at radius 1 is 0.750 bits per heavy atom. The second kappa shape index (κ2) is 10.5. The van der Waals surface area contributed by atoms with Gasteiger partial charge in [-0.1, -0.05) is 24.3 Å². The number of hydrogen-bond donors (Lipinski definition) is 4. The number of carbonyl (C=O) groups excluding carboxylic acids is 4. The van der Waals surface area contributed by atoms with E-state index in [9.17, 15) is 19.2 Å². The summed E-state index contributed by atoms with van der Waals surface area (Å²) in [6.45, 7) is 1.68. The summed E-state index contributed by atoms with van der Waals surface area (Å²) in [4.78, 5) is 46.8. The molecule has 8 nitrogen and oxygen atoms in total. The number of carbonyl (C=O) groups is 4. The van der Waals surface area contributed by atoms with Crippen LogP contribution in [0.1, 0.15) is 27.6 Å². The minimum absolute atomic E-state index is 0.152. The molecule has 0 spiro atoms. The molecule has 0 radical (unpaired) electrons. The molecule has 0 atom stereocenters. The van der Waals surface area contributed by atoms with Crippen molar-refractivity contribution >= 4 is 29.3 Å². The zero-order chi connectivity index (χ0) is 20.4. The lowest BCUT2D eigenvalue weighted by atomic mass is 10.2. The first kappa shape index (κ1) is 20.6. The summed E-state index contributed by atoms with van der Waals surface area (Å²) in [6.07, 6.45) is 0. The molecule has 146 valence electrons. The van der Waals surface area contributed by atoms with E-state index in [0.29, 0.717) is 16.8 Å². The molecule has 0 aliphatic rings. The van der Waals surface area contributed by atoms with Crippen LogP contribution in [0.5, 0.6) is 0 Å². The van der Waals surface area contributed by atoms with Gasteiger partial charge in [-0.25, -0.2) is 0 Å². The summed E-state index contributed by atoms with van der Waals surface area (Å²) >= 11 is 0. The van der Waals surface area contributed by atoms with Crippen molar-refractivity contribution in [3.8, 4) is 0 Å². The molecule has 2 aromatic carbocycles. The number of benzene rings is 2. The number of hydrogen-bond acceptors (Lipinski definition) is 4. The molecule has 0 saturated carbocycles. The van der Waals surface area contributed by atoms with Gasteiger partial charge >= 0.3 is 0 Å². The van der Waals surface area contributed by atoms with Gasteiger partial charge in [0, 0.05) is 36.8 Å². The van der Waals surface area contributed by atoms with Crippen LogP contribution in [0.25, 0.3) is 0 Å². The van der Waals surface area contributed by atoms with E-state index in [-0.39, 0.29) is 43.3 Å². The molecule has 0 fully saturated rings. The Kier molecular flexibility index (Phi) is 7.71. The Morgan fingerprint density at radius 3 is 2.11 bits per heavy atom. The average Bonchev–Trinajstić information content (AvgIpc) is 2.69. The smallest absolute Gasteiger partial charge is 0.251 e. The summed E-state index contributed by atoms with van der Waals surface area (Å²) < 4.78 is 0. The number of nitrogens with one attached hydrogen (secondary N) is 4. The van der Waals surface area contributed by atoms with Crippen LogP contribution in [-0.4, -0.2) is 43.3 Å². The summed E-state index contributed by atoms with van der Waals surface area (Å²) in [7, 11) is 0. The summed E-state index contributed by atoms with van der Waals surface area (Å²) in [5.74, 6) is -1.23. The van der Waals surface area contributed by atoms with E-state index in [2.05, 4.69) is 21.3 Å². The molecule has 0 bridgehead atoms. The van der Waals surface area contributed by atoms with E-state index in [4.69, 9.17) is 0 Å². The van der Waals surface area contributed by atoms with Gasteiger partial charge in [0.15, 0.2) is 0 Å². The molecule has 0 aliphatic carbocycles. The standard InChI is InChI=1S/C20H22N4O4/c1-14(25)24-17-9-5-8-16(12-17)20(28)22-11-10-21-18(26)13-23-19(27)15-6-3-2-4-7-15/h2-9,12H,10-11,13H2,1H3,(H,21,26)(H,22,28)(H,23,27)(H,24,25). The van der Waals surface area contributed by atoms with Gasteiger partial charge in [0.1, 0.15) is 0 Å². The Hall–Kier alpha value is -3.68. The van der Waals surface area contributed by atoms with Crippen molar-refractivity contribution in [2.24, 2.45) is 0 Å². The lowest BCUT2D eigenvalue weighted by Gasteiger charge is -2.09. The van der Waals surface area contributed by atoms with Gasteiger partial charge in [-0.3, -0.25) is 19.2 Å². The molecule has 4 N–H and O–H groups in total. The van der Waals surface area contributed by atoms with E-state index in [0.717, 1.165) is 0 Å². The molecule has 0 unspecified atom stereocenters.